The standard InChI is InChI=1S/C20H42ClNO9/c21-1-3-23-5-7-25-9-11-27-13-15-29-17-19-31-20-18-30-16-14-28-12-10-26-8-6-24-4-2-22/h1-20,22H2. The third kappa shape index (κ3) is 29.9. The van der Waals surface area contributed by atoms with E-state index in [1.807, 2.05) is 0 Å². The van der Waals surface area contributed by atoms with Crippen molar-refractivity contribution in [3.8, 4) is 0 Å². The summed E-state index contributed by atoms with van der Waals surface area (Å²) in [4.78, 5) is 0. The molecule has 0 amide bonds. The highest BCUT2D eigenvalue weighted by Gasteiger charge is 1.95. The molecule has 0 aliphatic rings. The largest absolute Gasteiger partial charge is 0.378 e. The second-order valence-corrected chi connectivity index (χ2v) is 6.37. The quantitative estimate of drug-likeness (QED) is 0.125. The van der Waals surface area contributed by atoms with Gasteiger partial charge in [0.15, 0.2) is 0 Å². The van der Waals surface area contributed by atoms with E-state index < -0.39 is 0 Å². The zero-order chi connectivity index (χ0) is 22.5. The average molecular weight is 476 g/mol. The molecule has 0 fully saturated rings. The van der Waals surface area contributed by atoms with Crippen LogP contribution < -0.4 is 5.73 Å². The van der Waals surface area contributed by atoms with Crippen molar-refractivity contribution in [1.29, 1.82) is 0 Å². The van der Waals surface area contributed by atoms with Gasteiger partial charge in [-0.1, -0.05) is 0 Å². The van der Waals surface area contributed by atoms with E-state index in [9.17, 15) is 0 Å². The van der Waals surface area contributed by atoms with Crippen molar-refractivity contribution in [2.45, 2.75) is 0 Å². The fourth-order valence-corrected chi connectivity index (χ4v) is 2.11. The summed E-state index contributed by atoms with van der Waals surface area (Å²) in [6, 6.07) is 0. The van der Waals surface area contributed by atoms with Gasteiger partial charge in [-0.2, -0.15) is 0 Å². The lowest BCUT2D eigenvalue weighted by Crippen LogP contribution is -2.15. The van der Waals surface area contributed by atoms with E-state index >= 15 is 0 Å². The second kappa shape index (κ2) is 29.9. The van der Waals surface area contributed by atoms with Crippen LogP contribution in [0.15, 0.2) is 0 Å². The molecular weight excluding hydrogens is 434 g/mol. The zero-order valence-corrected chi connectivity index (χ0v) is 19.5. The molecule has 0 aliphatic heterocycles. The summed E-state index contributed by atoms with van der Waals surface area (Å²) >= 11 is 5.49. The van der Waals surface area contributed by atoms with Crippen molar-refractivity contribution in [2.75, 3.05) is 131 Å². The highest BCUT2D eigenvalue weighted by atomic mass is 35.5. The van der Waals surface area contributed by atoms with Gasteiger partial charge in [0.25, 0.3) is 0 Å². The molecule has 11 heteroatoms. The first-order valence-corrected chi connectivity index (χ1v) is 11.4. The monoisotopic (exact) mass is 475 g/mol. The van der Waals surface area contributed by atoms with Crippen LogP contribution in [0.2, 0.25) is 0 Å². The molecule has 0 saturated carbocycles. The van der Waals surface area contributed by atoms with Gasteiger partial charge in [-0.25, -0.2) is 0 Å². The molecule has 0 saturated heterocycles. The van der Waals surface area contributed by atoms with Crippen molar-refractivity contribution in [3.63, 3.8) is 0 Å². The topological polar surface area (TPSA) is 109 Å². The lowest BCUT2D eigenvalue weighted by Gasteiger charge is -2.08. The molecular formula is C20H42ClNO9. The molecule has 0 aliphatic carbocycles. The predicted molar refractivity (Wildman–Crippen MR) is 117 cm³/mol. The first-order valence-electron chi connectivity index (χ1n) is 10.9. The van der Waals surface area contributed by atoms with Crippen LogP contribution in [0.5, 0.6) is 0 Å². The molecule has 0 bridgehead atoms. The van der Waals surface area contributed by atoms with Crippen LogP contribution in [0, 0.1) is 0 Å². The summed E-state index contributed by atoms with van der Waals surface area (Å²) in [5.41, 5.74) is 5.31. The molecule has 0 atom stereocenters. The second-order valence-electron chi connectivity index (χ2n) is 5.99. The molecule has 0 radical (unpaired) electrons. The van der Waals surface area contributed by atoms with Gasteiger partial charge in [-0.3, -0.25) is 0 Å². The van der Waals surface area contributed by atoms with E-state index in [1.165, 1.54) is 0 Å². The van der Waals surface area contributed by atoms with Gasteiger partial charge in [0.2, 0.25) is 0 Å². The number of alkyl halides is 1. The number of hydrogen-bond donors (Lipinski definition) is 1. The van der Waals surface area contributed by atoms with E-state index in [2.05, 4.69) is 0 Å². The van der Waals surface area contributed by atoms with Crippen molar-refractivity contribution in [3.05, 3.63) is 0 Å². The van der Waals surface area contributed by atoms with E-state index in [0.29, 0.717) is 131 Å². The summed E-state index contributed by atoms with van der Waals surface area (Å²) in [5, 5.41) is 0. The Kier molecular flexibility index (Phi) is 29.8. The van der Waals surface area contributed by atoms with Gasteiger partial charge in [0.1, 0.15) is 0 Å². The molecule has 188 valence electrons. The maximum Gasteiger partial charge on any atom is 0.0701 e. The first-order chi connectivity index (χ1) is 15.4. The normalized spacial score (nSPS) is 11.4. The van der Waals surface area contributed by atoms with Gasteiger partial charge in [0.05, 0.1) is 119 Å². The Labute approximate surface area is 191 Å². The van der Waals surface area contributed by atoms with Gasteiger partial charge in [-0.05, 0) is 0 Å². The van der Waals surface area contributed by atoms with Crippen LogP contribution in [-0.4, -0.2) is 131 Å². The predicted octanol–water partition coefficient (Wildman–Crippen LogP) is 0.333. The Hall–Kier alpha value is -0.110. The van der Waals surface area contributed by atoms with Gasteiger partial charge in [-0.15, -0.1) is 11.6 Å². The van der Waals surface area contributed by atoms with Crippen molar-refractivity contribution >= 4 is 11.6 Å². The molecule has 0 aromatic heterocycles. The zero-order valence-electron chi connectivity index (χ0n) is 18.8. The van der Waals surface area contributed by atoms with Crippen LogP contribution in [0.25, 0.3) is 0 Å². The Bertz CT molecular complexity index is 292. The SMILES string of the molecule is NCCOCCOCCOCCOCCOCCOCCOCCOCCOCCCl. The number of halogens is 1. The number of hydrogen-bond acceptors (Lipinski definition) is 10. The summed E-state index contributed by atoms with van der Waals surface area (Å²) in [6.07, 6.45) is 0. The minimum atomic E-state index is 0.502. The summed E-state index contributed by atoms with van der Waals surface area (Å²) < 4.78 is 48.1. The minimum Gasteiger partial charge on any atom is -0.378 e. The molecule has 0 aromatic carbocycles. The number of ether oxygens (including phenoxy) is 9. The fourth-order valence-electron chi connectivity index (χ4n) is 2.00. The molecule has 0 spiro atoms. The lowest BCUT2D eigenvalue weighted by molar-refractivity contribution is -0.0246. The Morgan fingerprint density at radius 3 is 0.710 bits per heavy atom. The molecule has 2 N–H and O–H groups in total. The molecule has 0 heterocycles. The summed E-state index contributed by atoms with van der Waals surface area (Å²) in [5.74, 6) is 0.502. The number of rotatable bonds is 28. The van der Waals surface area contributed by atoms with Gasteiger partial charge >= 0.3 is 0 Å². The molecule has 10 nitrogen and oxygen atoms in total. The summed E-state index contributed by atoms with van der Waals surface area (Å²) in [6.45, 7) is 10.2. The van der Waals surface area contributed by atoms with Crippen LogP contribution in [0.1, 0.15) is 0 Å². The van der Waals surface area contributed by atoms with E-state index in [4.69, 9.17) is 60.0 Å². The third-order valence-electron chi connectivity index (χ3n) is 3.46. The summed E-state index contributed by atoms with van der Waals surface area (Å²) in [7, 11) is 0. The van der Waals surface area contributed by atoms with Crippen LogP contribution in [0.3, 0.4) is 0 Å². The molecule has 0 rings (SSSR count). The molecule has 31 heavy (non-hydrogen) atoms. The minimum absolute atomic E-state index is 0.502. The third-order valence-corrected chi connectivity index (χ3v) is 3.61. The molecule has 0 aromatic rings. The van der Waals surface area contributed by atoms with E-state index in [1.54, 1.807) is 0 Å². The maximum atomic E-state index is 5.49. The Morgan fingerprint density at radius 2 is 0.516 bits per heavy atom. The maximum absolute atomic E-state index is 5.49. The smallest absolute Gasteiger partial charge is 0.0701 e. The first kappa shape index (κ1) is 30.9. The average Bonchev–Trinajstić information content (AvgIpc) is 2.78. The van der Waals surface area contributed by atoms with Crippen LogP contribution in [0.4, 0.5) is 0 Å². The van der Waals surface area contributed by atoms with Crippen LogP contribution in [-0.2, 0) is 42.6 Å². The van der Waals surface area contributed by atoms with Crippen molar-refractivity contribution in [2.24, 2.45) is 5.73 Å². The molecule has 0 unspecified atom stereocenters. The van der Waals surface area contributed by atoms with E-state index in [0.717, 1.165) is 0 Å². The Balaban J connectivity index is 2.98. The Morgan fingerprint density at radius 1 is 0.323 bits per heavy atom. The van der Waals surface area contributed by atoms with Crippen molar-refractivity contribution in [1.82, 2.24) is 0 Å². The van der Waals surface area contributed by atoms with E-state index in [-0.39, 0.29) is 0 Å². The highest BCUT2D eigenvalue weighted by Crippen LogP contribution is 1.86. The lowest BCUT2D eigenvalue weighted by atomic mass is 10.6. The van der Waals surface area contributed by atoms with Crippen molar-refractivity contribution < 1.29 is 42.6 Å². The van der Waals surface area contributed by atoms with Gasteiger partial charge < -0.3 is 48.4 Å². The number of nitrogens with two attached hydrogens (primary N) is 1. The van der Waals surface area contributed by atoms with Crippen LogP contribution >= 0.6 is 11.6 Å². The van der Waals surface area contributed by atoms with Gasteiger partial charge in [0, 0.05) is 12.4 Å². The highest BCUT2D eigenvalue weighted by molar-refractivity contribution is 6.17. The fraction of sp³-hybridized carbons (Fsp3) is 1.00.